The predicted octanol–water partition coefficient (Wildman–Crippen LogP) is 2.64. The monoisotopic (exact) mass is 187 g/mol. The standard InChI is InChI=1S/C11H25NO/c1-7-9(11(2,3)4)8-10(12-5)13-6/h9-10,12H,7-8H2,1-6H3. The Hall–Kier alpha value is -0.0800. The fourth-order valence-electron chi connectivity index (χ4n) is 1.72. The highest BCUT2D eigenvalue weighted by Crippen LogP contribution is 2.32. The fourth-order valence-corrected chi connectivity index (χ4v) is 1.72. The average Bonchev–Trinajstić information content (AvgIpc) is 2.04. The molecule has 13 heavy (non-hydrogen) atoms. The minimum atomic E-state index is 0.198. The maximum Gasteiger partial charge on any atom is 0.107 e. The Balaban J connectivity index is 4.11. The molecule has 2 atom stereocenters. The number of rotatable bonds is 5. The molecule has 0 heterocycles. The quantitative estimate of drug-likeness (QED) is 0.668. The van der Waals surface area contributed by atoms with Crippen LogP contribution in [0.5, 0.6) is 0 Å². The summed E-state index contributed by atoms with van der Waals surface area (Å²) in [5, 5.41) is 3.17. The van der Waals surface area contributed by atoms with Gasteiger partial charge < -0.3 is 4.74 Å². The van der Waals surface area contributed by atoms with E-state index in [1.807, 2.05) is 7.05 Å². The van der Waals surface area contributed by atoms with Crippen molar-refractivity contribution in [3.63, 3.8) is 0 Å². The Morgan fingerprint density at radius 2 is 1.85 bits per heavy atom. The Kier molecular flexibility index (Phi) is 5.57. The molecule has 2 nitrogen and oxygen atoms in total. The topological polar surface area (TPSA) is 21.3 Å². The third-order valence-electron chi connectivity index (χ3n) is 2.82. The summed E-state index contributed by atoms with van der Waals surface area (Å²) in [6, 6.07) is 0. The molecule has 0 saturated heterocycles. The molecule has 0 rings (SSSR count). The number of hydrogen-bond donors (Lipinski definition) is 1. The number of hydrogen-bond acceptors (Lipinski definition) is 2. The van der Waals surface area contributed by atoms with Gasteiger partial charge in [0.1, 0.15) is 6.23 Å². The van der Waals surface area contributed by atoms with E-state index in [-0.39, 0.29) is 6.23 Å². The van der Waals surface area contributed by atoms with Gasteiger partial charge in [-0.3, -0.25) is 5.32 Å². The molecule has 0 aliphatic heterocycles. The number of ether oxygens (including phenoxy) is 1. The molecule has 0 aliphatic carbocycles. The van der Waals surface area contributed by atoms with Gasteiger partial charge in [0.2, 0.25) is 0 Å². The van der Waals surface area contributed by atoms with Crippen molar-refractivity contribution in [1.82, 2.24) is 5.32 Å². The smallest absolute Gasteiger partial charge is 0.107 e. The van der Waals surface area contributed by atoms with Gasteiger partial charge in [0.15, 0.2) is 0 Å². The van der Waals surface area contributed by atoms with Crippen LogP contribution in [0.25, 0.3) is 0 Å². The van der Waals surface area contributed by atoms with E-state index in [9.17, 15) is 0 Å². The van der Waals surface area contributed by atoms with Crippen LogP contribution >= 0.6 is 0 Å². The highest BCUT2D eigenvalue weighted by atomic mass is 16.5. The molecular weight excluding hydrogens is 162 g/mol. The molecule has 0 radical (unpaired) electrons. The van der Waals surface area contributed by atoms with Gasteiger partial charge in [0.25, 0.3) is 0 Å². The summed E-state index contributed by atoms with van der Waals surface area (Å²) >= 11 is 0. The number of nitrogens with one attached hydrogen (secondary N) is 1. The summed E-state index contributed by atoms with van der Waals surface area (Å²) < 4.78 is 5.32. The van der Waals surface area contributed by atoms with E-state index in [4.69, 9.17) is 4.74 Å². The zero-order chi connectivity index (χ0) is 10.5. The van der Waals surface area contributed by atoms with Crippen LogP contribution in [-0.2, 0) is 4.74 Å². The third kappa shape index (κ3) is 4.63. The van der Waals surface area contributed by atoms with Gasteiger partial charge in [-0.15, -0.1) is 0 Å². The summed E-state index contributed by atoms with van der Waals surface area (Å²) in [4.78, 5) is 0. The van der Waals surface area contributed by atoms with E-state index < -0.39 is 0 Å². The zero-order valence-corrected chi connectivity index (χ0v) is 9.98. The fraction of sp³-hybridized carbons (Fsp3) is 1.00. The van der Waals surface area contributed by atoms with Crippen LogP contribution in [0, 0.1) is 11.3 Å². The molecule has 2 heteroatoms. The van der Waals surface area contributed by atoms with Gasteiger partial charge in [-0.1, -0.05) is 34.1 Å². The molecule has 0 aliphatic rings. The van der Waals surface area contributed by atoms with E-state index in [2.05, 4.69) is 33.0 Å². The van der Waals surface area contributed by atoms with Crippen molar-refractivity contribution in [2.24, 2.45) is 11.3 Å². The SMILES string of the molecule is CCC(CC(NC)OC)C(C)(C)C. The van der Waals surface area contributed by atoms with E-state index in [0.717, 1.165) is 6.42 Å². The predicted molar refractivity (Wildman–Crippen MR) is 57.7 cm³/mol. The van der Waals surface area contributed by atoms with Crippen molar-refractivity contribution in [3.8, 4) is 0 Å². The second-order valence-electron chi connectivity index (χ2n) is 4.72. The largest absolute Gasteiger partial charge is 0.367 e. The third-order valence-corrected chi connectivity index (χ3v) is 2.82. The van der Waals surface area contributed by atoms with Crippen LogP contribution in [0.1, 0.15) is 40.5 Å². The second kappa shape index (κ2) is 5.61. The van der Waals surface area contributed by atoms with Crippen molar-refractivity contribution in [2.75, 3.05) is 14.2 Å². The summed E-state index contributed by atoms with van der Waals surface area (Å²) in [5.41, 5.74) is 0.377. The maximum atomic E-state index is 5.32. The van der Waals surface area contributed by atoms with Crippen LogP contribution in [-0.4, -0.2) is 20.4 Å². The highest BCUT2D eigenvalue weighted by Gasteiger charge is 2.25. The molecule has 80 valence electrons. The van der Waals surface area contributed by atoms with Crippen LogP contribution in [0.3, 0.4) is 0 Å². The zero-order valence-electron chi connectivity index (χ0n) is 9.98. The first-order valence-corrected chi connectivity index (χ1v) is 5.15. The Morgan fingerprint density at radius 3 is 2.08 bits per heavy atom. The van der Waals surface area contributed by atoms with Crippen LogP contribution in [0.15, 0.2) is 0 Å². The van der Waals surface area contributed by atoms with Crippen LogP contribution < -0.4 is 5.32 Å². The van der Waals surface area contributed by atoms with Crippen molar-refractivity contribution in [1.29, 1.82) is 0 Å². The minimum Gasteiger partial charge on any atom is -0.367 e. The van der Waals surface area contributed by atoms with Gasteiger partial charge >= 0.3 is 0 Å². The maximum absolute atomic E-state index is 5.32. The first-order valence-electron chi connectivity index (χ1n) is 5.15. The van der Waals surface area contributed by atoms with E-state index in [1.165, 1.54) is 6.42 Å². The lowest BCUT2D eigenvalue weighted by atomic mass is 9.77. The van der Waals surface area contributed by atoms with Gasteiger partial charge in [-0.25, -0.2) is 0 Å². The lowest BCUT2D eigenvalue weighted by Crippen LogP contribution is -2.33. The molecule has 0 aromatic rings. The molecule has 0 aromatic heterocycles. The lowest BCUT2D eigenvalue weighted by Gasteiger charge is -2.32. The van der Waals surface area contributed by atoms with Gasteiger partial charge in [-0.2, -0.15) is 0 Å². The molecular formula is C11H25NO. The first kappa shape index (κ1) is 12.9. The molecule has 0 saturated carbocycles. The number of methoxy groups -OCH3 is 1. The second-order valence-corrected chi connectivity index (χ2v) is 4.72. The van der Waals surface area contributed by atoms with E-state index in [1.54, 1.807) is 7.11 Å². The Labute approximate surface area is 83.1 Å². The molecule has 0 fully saturated rings. The molecule has 0 bridgehead atoms. The summed E-state index contributed by atoms with van der Waals surface area (Å²) in [5.74, 6) is 0.713. The Morgan fingerprint density at radius 1 is 1.31 bits per heavy atom. The van der Waals surface area contributed by atoms with Gasteiger partial charge in [-0.05, 0) is 24.8 Å². The normalized spacial score (nSPS) is 17.1. The Bertz CT molecular complexity index is 125. The van der Waals surface area contributed by atoms with Gasteiger partial charge in [0, 0.05) is 7.11 Å². The summed E-state index contributed by atoms with van der Waals surface area (Å²) in [6.07, 6.45) is 2.50. The molecule has 0 amide bonds. The minimum absolute atomic E-state index is 0.198. The average molecular weight is 187 g/mol. The van der Waals surface area contributed by atoms with Gasteiger partial charge in [0.05, 0.1) is 0 Å². The molecule has 1 N–H and O–H groups in total. The van der Waals surface area contributed by atoms with E-state index >= 15 is 0 Å². The van der Waals surface area contributed by atoms with Crippen molar-refractivity contribution < 1.29 is 4.74 Å². The van der Waals surface area contributed by atoms with Crippen molar-refractivity contribution in [3.05, 3.63) is 0 Å². The molecule has 0 aromatic carbocycles. The van der Waals surface area contributed by atoms with Crippen molar-refractivity contribution in [2.45, 2.75) is 46.8 Å². The summed E-state index contributed by atoms with van der Waals surface area (Å²) in [6.45, 7) is 9.13. The molecule has 0 spiro atoms. The highest BCUT2D eigenvalue weighted by molar-refractivity contribution is 4.75. The van der Waals surface area contributed by atoms with E-state index in [0.29, 0.717) is 11.3 Å². The first-order chi connectivity index (χ1) is 5.95. The summed E-state index contributed by atoms with van der Waals surface area (Å²) in [7, 11) is 3.71. The molecule has 2 unspecified atom stereocenters. The van der Waals surface area contributed by atoms with Crippen molar-refractivity contribution >= 4 is 0 Å². The van der Waals surface area contributed by atoms with Crippen LogP contribution in [0.4, 0.5) is 0 Å². The van der Waals surface area contributed by atoms with Crippen LogP contribution in [0.2, 0.25) is 0 Å². The lowest BCUT2D eigenvalue weighted by molar-refractivity contribution is 0.0382.